The van der Waals surface area contributed by atoms with Crippen molar-refractivity contribution in [2.45, 2.75) is 44.4 Å². The quantitative estimate of drug-likeness (QED) is 0.588. The van der Waals surface area contributed by atoms with Crippen LogP contribution in [0.3, 0.4) is 0 Å². The molecular weight excluding hydrogens is 419 g/mol. The minimum Gasteiger partial charge on any atom is -0.370 e. The number of hydrogen-bond donors (Lipinski definition) is 1. The van der Waals surface area contributed by atoms with Gasteiger partial charge in [-0.3, -0.25) is 9.78 Å². The van der Waals surface area contributed by atoms with Gasteiger partial charge in [0.25, 0.3) is 0 Å². The van der Waals surface area contributed by atoms with Crippen molar-refractivity contribution in [1.82, 2.24) is 9.97 Å². The van der Waals surface area contributed by atoms with Crippen molar-refractivity contribution < 1.29 is 22.7 Å². The van der Waals surface area contributed by atoms with Crippen molar-refractivity contribution in [3.05, 3.63) is 83.1 Å². The summed E-state index contributed by atoms with van der Waals surface area (Å²) in [4.78, 5) is 21.0. The molecule has 3 atom stereocenters. The van der Waals surface area contributed by atoms with E-state index in [9.17, 15) is 18.0 Å². The number of rotatable bonds is 5. The fourth-order valence-electron chi connectivity index (χ4n) is 4.05. The van der Waals surface area contributed by atoms with Crippen LogP contribution in [0.2, 0.25) is 0 Å². The number of ether oxygens (including phenoxy) is 1. The van der Waals surface area contributed by atoms with Gasteiger partial charge >= 0.3 is 0 Å². The predicted octanol–water partition coefficient (Wildman–Crippen LogP) is 4.55. The lowest BCUT2D eigenvalue weighted by Gasteiger charge is -2.33. The second-order valence-corrected chi connectivity index (χ2v) is 7.96. The van der Waals surface area contributed by atoms with Crippen LogP contribution in [0.25, 0.3) is 11.3 Å². The molecule has 0 saturated carbocycles. The molecule has 1 saturated heterocycles. The van der Waals surface area contributed by atoms with Crippen LogP contribution in [-0.2, 0) is 11.2 Å². The molecule has 3 aromatic rings. The lowest BCUT2D eigenvalue weighted by Crippen LogP contribution is -2.35. The summed E-state index contributed by atoms with van der Waals surface area (Å²) in [6, 6.07) is 7.14. The molecule has 0 aliphatic carbocycles. The van der Waals surface area contributed by atoms with E-state index in [0.717, 1.165) is 30.2 Å². The number of nitrogens with zero attached hydrogens (tertiary/aromatic N) is 2. The lowest BCUT2D eigenvalue weighted by molar-refractivity contribution is -0.0490. The van der Waals surface area contributed by atoms with Gasteiger partial charge in [0.05, 0.1) is 17.8 Å². The number of aromatic nitrogens is 2. The standard InChI is InChI=1S/C24H22F3N3O2/c1-13-9-15(28)11-22(32-13)16-7-8-29-12-14(16)10-21(31)20-6-5-19(27)24(30-20)23-17(25)3-2-4-18(23)26/h2-8,12-13,15,22H,9-11,28H2,1H3/t13-,15+,22-/m0/s1. The Bertz CT molecular complexity index is 1120. The summed E-state index contributed by atoms with van der Waals surface area (Å²) < 4.78 is 48.7. The van der Waals surface area contributed by atoms with Crippen LogP contribution in [0.4, 0.5) is 13.2 Å². The van der Waals surface area contributed by atoms with Crippen molar-refractivity contribution in [3.8, 4) is 11.3 Å². The molecule has 0 radical (unpaired) electrons. The first kappa shape index (κ1) is 22.1. The van der Waals surface area contributed by atoms with Gasteiger partial charge in [0.1, 0.15) is 28.8 Å². The summed E-state index contributed by atoms with van der Waals surface area (Å²) in [6.07, 6.45) is 4.19. The molecule has 3 heterocycles. The Morgan fingerprint density at radius 3 is 2.56 bits per heavy atom. The molecule has 8 heteroatoms. The van der Waals surface area contributed by atoms with Crippen LogP contribution >= 0.6 is 0 Å². The molecular formula is C24H22F3N3O2. The van der Waals surface area contributed by atoms with Crippen LogP contribution in [-0.4, -0.2) is 27.9 Å². The average Bonchev–Trinajstić information content (AvgIpc) is 2.74. The molecule has 166 valence electrons. The first-order chi connectivity index (χ1) is 15.3. The highest BCUT2D eigenvalue weighted by atomic mass is 19.1. The Balaban J connectivity index is 1.64. The van der Waals surface area contributed by atoms with Gasteiger partial charge < -0.3 is 10.5 Å². The molecule has 2 aromatic heterocycles. The zero-order valence-electron chi connectivity index (χ0n) is 17.4. The Kier molecular flexibility index (Phi) is 6.34. The Labute approximate surface area is 183 Å². The Morgan fingerprint density at radius 2 is 1.84 bits per heavy atom. The summed E-state index contributed by atoms with van der Waals surface area (Å²) in [5.74, 6) is -3.29. The van der Waals surface area contributed by atoms with Gasteiger partial charge in [-0.2, -0.15) is 0 Å². The molecule has 5 nitrogen and oxygen atoms in total. The first-order valence-electron chi connectivity index (χ1n) is 10.3. The summed E-state index contributed by atoms with van der Waals surface area (Å²) in [6.45, 7) is 1.95. The Hall–Kier alpha value is -3.10. The maximum Gasteiger partial charge on any atom is 0.185 e. The highest BCUT2D eigenvalue weighted by Gasteiger charge is 2.28. The molecule has 0 unspecified atom stereocenters. The van der Waals surface area contributed by atoms with E-state index in [-0.39, 0.29) is 30.4 Å². The van der Waals surface area contributed by atoms with Gasteiger partial charge in [-0.05, 0) is 61.2 Å². The smallest absolute Gasteiger partial charge is 0.185 e. The van der Waals surface area contributed by atoms with E-state index in [4.69, 9.17) is 10.5 Å². The van der Waals surface area contributed by atoms with Crippen molar-refractivity contribution in [2.24, 2.45) is 5.73 Å². The number of benzene rings is 1. The maximum atomic E-state index is 14.3. The van der Waals surface area contributed by atoms with E-state index in [1.165, 1.54) is 12.1 Å². The summed E-state index contributed by atoms with van der Waals surface area (Å²) in [7, 11) is 0. The Morgan fingerprint density at radius 1 is 1.09 bits per heavy atom. The van der Waals surface area contributed by atoms with Crippen LogP contribution in [0.1, 0.15) is 47.5 Å². The fraction of sp³-hybridized carbons (Fsp3) is 0.292. The fourth-order valence-corrected chi connectivity index (χ4v) is 4.05. The van der Waals surface area contributed by atoms with Crippen molar-refractivity contribution in [1.29, 1.82) is 0 Å². The van der Waals surface area contributed by atoms with E-state index < -0.39 is 34.5 Å². The average molecular weight is 441 g/mol. The minimum absolute atomic E-state index is 0.0162. The molecule has 0 amide bonds. The van der Waals surface area contributed by atoms with E-state index in [0.29, 0.717) is 12.0 Å². The molecule has 0 bridgehead atoms. The van der Waals surface area contributed by atoms with Crippen LogP contribution < -0.4 is 5.73 Å². The number of carbonyl (C=O) groups is 1. The van der Waals surface area contributed by atoms with Crippen molar-refractivity contribution in [2.75, 3.05) is 0 Å². The van der Waals surface area contributed by atoms with Gasteiger partial charge in [0.2, 0.25) is 0 Å². The number of nitrogens with two attached hydrogens (primary N) is 1. The van der Waals surface area contributed by atoms with Gasteiger partial charge in [-0.25, -0.2) is 18.2 Å². The van der Waals surface area contributed by atoms with Crippen LogP contribution in [0, 0.1) is 17.5 Å². The van der Waals surface area contributed by atoms with Crippen molar-refractivity contribution in [3.63, 3.8) is 0 Å². The first-order valence-corrected chi connectivity index (χ1v) is 10.3. The third-order valence-corrected chi connectivity index (χ3v) is 5.52. The van der Waals surface area contributed by atoms with Crippen LogP contribution in [0.15, 0.2) is 48.8 Å². The lowest BCUT2D eigenvalue weighted by atomic mass is 9.91. The van der Waals surface area contributed by atoms with E-state index in [1.807, 2.05) is 6.92 Å². The number of Topliss-reactive ketones (excluding diaryl/α,β-unsaturated/α-hetero) is 1. The predicted molar refractivity (Wildman–Crippen MR) is 112 cm³/mol. The number of carbonyl (C=O) groups excluding carboxylic acids is 1. The molecule has 1 aromatic carbocycles. The molecule has 2 N–H and O–H groups in total. The number of pyridine rings is 2. The minimum atomic E-state index is -0.963. The zero-order chi connectivity index (χ0) is 22.8. The van der Waals surface area contributed by atoms with E-state index in [2.05, 4.69) is 9.97 Å². The number of halogens is 3. The van der Waals surface area contributed by atoms with Crippen molar-refractivity contribution >= 4 is 5.78 Å². The van der Waals surface area contributed by atoms with Gasteiger partial charge in [0, 0.05) is 24.9 Å². The molecule has 1 fully saturated rings. The van der Waals surface area contributed by atoms with E-state index >= 15 is 0 Å². The topological polar surface area (TPSA) is 78.1 Å². The number of ketones is 1. The second-order valence-electron chi connectivity index (χ2n) is 7.96. The third kappa shape index (κ3) is 4.56. The van der Waals surface area contributed by atoms with Gasteiger partial charge in [-0.15, -0.1) is 0 Å². The summed E-state index contributed by atoms with van der Waals surface area (Å²) in [5.41, 5.74) is 6.31. The van der Waals surface area contributed by atoms with Crippen LogP contribution in [0.5, 0.6) is 0 Å². The normalized spacial score (nSPS) is 20.8. The highest BCUT2D eigenvalue weighted by Crippen LogP contribution is 2.33. The number of hydrogen-bond acceptors (Lipinski definition) is 5. The highest BCUT2D eigenvalue weighted by molar-refractivity contribution is 5.96. The summed E-state index contributed by atoms with van der Waals surface area (Å²) >= 11 is 0. The SMILES string of the molecule is C[C@H]1C[C@@H](N)C[C@@H](c2ccncc2CC(=O)c2ccc(F)c(-c3c(F)cccc3F)n2)O1. The monoisotopic (exact) mass is 441 g/mol. The maximum absolute atomic E-state index is 14.3. The second kappa shape index (κ2) is 9.18. The molecule has 4 rings (SSSR count). The molecule has 32 heavy (non-hydrogen) atoms. The van der Waals surface area contributed by atoms with E-state index in [1.54, 1.807) is 18.5 Å². The van der Waals surface area contributed by atoms with Gasteiger partial charge in [-0.1, -0.05) is 6.07 Å². The zero-order valence-corrected chi connectivity index (χ0v) is 17.4. The molecule has 1 aliphatic heterocycles. The molecule has 1 aliphatic rings. The largest absolute Gasteiger partial charge is 0.370 e. The molecule has 0 spiro atoms. The van der Waals surface area contributed by atoms with Gasteiger partial charge in [0.15, 0.2) is 5.78 Å². The summed E-state index contributed by atoms with van der Waals surface area (Å²) in [5, 5.41) is 0. The third-order valence-electron chi connectivity index (χ3n) is 5.52.